The van der Waals surface area contributed by atoms with E-state index in [-0.39, 0.29) is 29.9 Å². The largest absolute Gasteiger partial charge is 0.508 e. The summed E-state index contributed by atoms with van der Waals surface area (Å²) in [5.41, 5.74) is 2.19. The van der Waals surface area contributed by atoms with Crippen LogP contribution in [0.15, 0.2) is 54.9 Å². The summed E-state index contributed by atoms with van der Waals surface area (Å²) in [4.78, 5) is 38.1. The minimum Gasteiger partial charge on any atom is -0.508 e. The van der Waals surface area contributed by atoms with Crippen LogP contribution in [0.25, 0.3) is 0 Å². The molecule has 0 radical (unpaired) electrons. The maximum absolute atomic E-state index is 14.0. The number of piperidine rings is 1. The summed E-state index contributed by atoms with van der Waals surface area (Å²) in [6.07, 6.45) is 7.28. The smallest absolute Gasteiger partial charge is 0.303 e. The molecule has 3 heterocycles. The number of benzene rings is 1. The second-order valence-electron chi connectivity index (χ2n) is 12.3. The maximum Gasteiger partial charge on any atom is 0.303 e. The summed E-state index contributed by atoms with van der Waals surface area (Å²) in [7, 11) is 1.58. The van der Waals surface area contributed by atoms with Gasteiger partial charge in [-0.15, -0.1) is 0 Å². The first-order valence-corrected chi connectivity index (χ1v) is 15.4. The molecule has 0 spiro atoms. The number of nitrogens with zero attached hydrogens (tertiary/aromatic N) is 4. The Morgan fingerprint density at radius 2 is 1.77 bits per heavy atom. The molecule has 10 nitrogen and oxygen atoms in total. The van der Waals surface area contributed by atoms with Gasteiger partial charge in [-0.3, -0.25) is 14.5 Å². The molecule has 2 fully saturated rings. The van der Waals surface area contributed by atoms with E-state index in [0.717, 1.165) is 31.2 Å². The van der Waals surface area contributed by atoms with Gasteiger partial charge in [-0.2, -0.15) is 0 Å². The number of carboxylic acid groups (broad SMARTS) is 1. The van der Waals surface area contributed by atoms with Gasteiger partial charge >= 0.3 is 5.97 Å². The molecule has 10 heteroatoms. The van der Waals surface area contributed by atoms with Gasteiger partial charge in [0.1, 0.15) is 17.3 Å². The monoisotopic (exact) mass is 602 g/mol. The molecule has 1 aliphatic carbocycles. The number of pyridine rings is 2. The summed E-state index contributed by atoms with van der Waals surface area (Å²) in [5.74, 6) is 1.72. The molecule has 1 saturated heterocycles. The Morgan fingerprint density at radius 3 is 2.45 bits per heavy atom. The summed E-state index contributed by atoms with van der Waals surface area (Å²) in [6, 6.07) is 12.2. The fourth-order valence-corrected chi connectivity index (χ4v) is 5.95. The van der Waals surface area contributed by atoms with Crippen LogP contribution in [0.5, 0.6) is 17.4 Å². The lowest BCUT2D eigenvalue weighted by atomic mass is 9.92. The molecule has 5 rings (SSSR count). The molecule has 1 saturated carbocycles. The zero-order chi connectivity index (χ0) is 31.2. The number of aromatic nitrogens is 2. The van der Waals surface area contributed by atoms with Gasteiger partial charge in [0, 0.05) is 50.2 Å². The highest BCUT2D eigenvalue weighted by atomic mass is 16.5. The number of carbonyl (C=O) groups is 2. The van der Waals surface area contributed by atoms with Gasteiger partial charge in [0.2, 0.25) is 5.88 Å². The Morgan fingerprint density at radius 1 is 1.02 bits per heavy atom. The lowest BCUT2D eigenvalue weighted by Crippen LogP contribution is -2.39. The molecule has 2 aromatic heterocycles. The van der Waals surface area contributed by atoms with Crippen LogP contribution >= 0.6 is 0 Å². The molecule has 2 N–H and O–H groups in total. The summed E-state index contributed by atoms with van der Waals surface area (Å²) >= 11 is 0. The van der Waals surface area contributed by atoms with Crippen molar-refractivity contribution in [2.24, 2.45) is 17.8 Å². The second kappa shape index (κ2) is 14.0. The first-order chi connectivity index (χ1) is 21.2. The lowest BCUT2D eigenvalue weighted by Gasteiger charge is -2.35. The van der Waals surface area contributed by atoms with E-state index in [1.807, 2.05) is 12.1 Å². The van der Waals surface area contributed by atoms with E-state index in [9.17, 15) is 19.8 Å². The maximum atomic E-state index is 14.0. The van der Waals surface area contributed by atoms with Crippen LogP contribution in [0, 0.1) is 17.8 Å². The Labute approximate surface area is 258 Å². The topological polar surface area (TPSA) is 125 Å². The highest BCUT2D eigenvalue weighted by molar-refractivity contribution is 6.09. The van der Waals surface area contributed by atoms with Crippen molar-refractivity contribution in [1.29, 1.82) is 0 Å². The van der Waals surface area contributed by atoms with Gasteiger partial charge in [-0.25, -0.2) is 9.97 Å². The van der Waals surface area contributed by atoms with E-state index in [1.165, 1.54) is 0 Å². The number of hydrogen-bond acceptors (Lipinski definition) is 8. The number of carboxylic acids is 1. The van der Waals surface area contributed by atoms with Gasteiger partial charge in [0.05, 0.1) is 31.4 Å². The van der Waals surface area contributed by atoms with E-state index in [2.05, 4.69) is 28.7 Å². The second-order valence-corrected chi connectivity index (χ2v) is 12.3. The van der Waals surface area contributed by atoms with Crippen LogP contribution in [0.1, 0.15) is 67.8 Å². The van der Waals surface area contributed by atoms with Gasteiger partial charge in [0.15, 0.2) is 0 Å². The number of aromatic hydroxyl groups is 1. The normalized spacial score (nSPS) is 16.0. The zero-order valence-electron chi connectivity index (χ0n) is 25.7. The molecular weight excluding hydrogens is 560 g/mol. The van der Waals surface area contributed by atoms with Crippen molar-refractivity contribution in [3.8, 4) is 17.4 Å². The number of anilines is 2. The third-order valence-electron chi connectivity index (χ3n) is 8.43. The molecule has 1 unspecified atom stereocenters. The van der Waals surface area contributed by atoms with Gasteiger partial charge in [-0.1, -0.05) is 13.8 Å². The minimum atomic E-state index is -0.783. The number of phenolic OH excluding ortho intramolecular Hbond substituents is 1. The third-order valence-corrected chi connectivity index (χ3v) is 8.43. The Hall–Kier alpha value is -4.34. The van der Waals surface area contributed by atoms with E-state index in [1.54, 1.807) is 54.7 Å². The zero-order valence-corrected chi connectivity index (χ0v) is 25.7. The van der Waals surface area contributed by atoms with Gasteiger partial charge in [-0.05, 0) is 79.2 Å². The fraction of sp³-hybridized carbons (Fsp3) is 0.471. The van der Waals surface area contributed by atoms with Gasteiger partial charge in [0.25, 0.3) is 5.91 Å². The molecule has 44 heavy (non-hydrogen) atoms. The van der Waals surface area contributed by atoms with Crippen LogP contribution in [-0.4, -0.2) is 65.4 Å². The molecule has 234 valence electrons. The molecular formula is C34H42N4O6. The Balaban J connectivity index is 1.25. The van der Waals surface area contributed by atoms with Crippen LogP contribution < -0.4 is 19.3 Å². The molecule has 0 bridgehead atoms. The number of carbonyl (C=O) groups excluding carboxylic acids is 1. The molecule has 1 atom stereocenters. The number of amides is 1. The molecule has 3 aromatic rings. The standard InChI is InChI=1S/C34H42N4O6/c1-22(2)20-38(31-18-27(43-3)9-13-35-31)34(42)28-7-6-26(39)17-30(28)37-14-10-23(11-15-37)21-44-32-16-25(8-12-36-32)29(19-33(40)41)24-4-5-24/h6-9,12-13,16-18,22-24,29,39H,4-5,10-11,14-15,19-21H2,1-3H3,(H,40,41). The van der Waals surface area contributed by atoms with Crippen LogP contribution in [-0.2, 0) is 4.79 Å². The highest BCUT2D eigenvalue weighted by Gasteiger charge is 2.34. The van der Waals surface area contributed by atoms with Crippen molar-refractivity contribution in [2.45, 2.75) is 51.9 Å². The van der Waals surface area contributed by atoms with E-state index in [4.69, 9.17) is 9.47 Å². The van der Waals surface area contributed by atoms with Crippen LogP contribution in [0.2, 0.25) is 0 Å². The fourth-order valence-electron chi connectivity index (χ4n) is 5.95. The average Bonchev–Trinajstić information content (AvgIpc) is 3.87. The minimum absolute atomic E-state index is 0.00329. The van der Waals surface area contributed by atoms with Crippen molar-refractivity contribution in [2.75, 3.05) is 43.2 Å². The van der Waals surface area contributed by atoms with E-state index >= 15 is 0 Å². The summed E-state index contributed by atoms with van der Waals surface area (Å²) < 4.78 is 11.5. The molecule has 1 aliphatic heterocycles. The predicted molar refractivity (Wildman–Crippen MR) is 168 cm³/mol. The van der Waals surface area contributed by atoms with Crippen molar-refractivity contribution < 1.29 is 29.3 Å². The number of aliphatic carboxylic acids is 1. The SMILES string of the molecule is COc1ccnc(N(CC(C)C)C(=O)c2ccc(O)cc2N2CCC(COc3cc(C(CC(=O)O)C4CC4)ccn3)CC2)c1. The van der Waals surface area contributed by atoms with Crippen LogP contribution in [0.4, 0.5) is 11.5 Å². The van der Waals surface area contributed by atoms with Crippen molar-refractivity contribution in [1.82, 2.24) is 9.97 Å². The number of phenols is 1. The number of hydrogen-bond donors (Lipinski definition) is 2. The van der Waals surface area contributed by atoms with Crippen molar-refractivity contribution in [3.63, 3.8) is 0 Å². The first kappa shape index (κ1) is 31.1. The molecule has 1 amide bonds. The molecule has 2 aliphatic rings. The third kappa shape index (κ3) is 7.78. The van der Waals surface area contributed by atoms with Gasteiger partial charge < -0.3 is 24.6 Å². The van der Waals surface area contributed by atoms with Crippen LogP contribution in [0.3, 0.4) is 0 Å². The van der Waals surface area contributed by atoms with E-state index < -0.39 is 5.97 Å². The number of rotatable bonds is 13. The lowest BCUT2D eigenvalue weighted by molar-refractivity contribution is -0.137. The summed E-state index contributed by atoms with van der Waals surface area (Å²) in [5, 5.41) is 19.8. The van der Waals surface area contributed by atoms with Crippen molar-refractivity contribution >= 4 is 23.4 Å². The quantitative estimate of drug-likeness (QED) is 0.251. The predicted octanol–water partition coefficient (Wildman–Crippen LogP) is 5.76. The Kier molecular flexibility index (Phi) is 9.87. The summed E-state index contributed by atoms with van der Waals surface area (Å²) in [6.45, 7) is 6.50. The average molecular weight is 603 g/mol. The molecule has 1 aromatic carbocycles. The Bertz CT molecular complexity index is 1450. The van der Waals surface area contributed by atoms with Crippen molar-refractivity contribution in [3.05, 3.63) is 66.0 Å². The number of methoxy groups -OCH3 is 1. The number of ether oxygens (including phenoxy) is 2. The highest BCUT2D eigenvalue weighted by Crippen LogP contribution is 2.45. The first-order valence-electron chi connectivity index (χ1n) is 15.4. The van der Waals surface area contributed by atoms with E-state index in [0.29, 0.717) is 66.8 Å².